The van der Waals surface area contributed by atoms with Crippen molar-refractivity contribution < 1.29 is 5.11 Å². The molecule has 1 nitrogen and oxygen atoms in total. The molecule has 1 atom stereocenters. The van der Waals surface area contributed by atoms with Crippen molar-refractivity contribution in [2.45, 2.75) is 110 Å². The fourth-order valence-corrected chi connectivity index (χ4v) is 4.84. The van der Waals surface area contributed by atoms with Gasteiger partial charge in [0.1, 0.15) is 5.75 Å². The van der Waals surface area contributed by atoms with Crippen molar-refractivity contribution in [2.75, 3.05) is 0 Å². The second-order valence-electron chi connectivity index (χ2n) is 9.48. The maximum atomic E-state index is 10.6. The van der Waals surface area contributed by atoms with E-state index in [0.29, 0.717) is 11.7 Å². The molecule has 0 aromatic heterocycles. The Morgan fingerprint density at radius 3 is 1.77 bits per heavy atom. The highest BCUT2D eigenvalue weighted by Crippen LogP contribution is 2.42. The molecule has 0 aliphatic heterocycles. The fourth-order valence-electron chi connectivity index (χ4n) is 4.84. The van der Waals surface area contributed by atoms with Crippen molar-refractivity contribution in [1.29, 1.82) is 0 Å². The standard InChI is InChI=1S/C29H44O/c1-5-7-9-11-13-19-24(18-12-10-8-6-2)25-20-14-15-21-26(25)29(3,4)27-22-16-17-23-28(27)30/h14-17,20-24,30H,5-13,18-19H2,1-4H3. The van der Waals surface area contributed by atoms with Crippen LogP contribution in [0.3, 0.4) is 0 Å². The molecule has 0 aliphatic rings. The summed E-state index contributed by atoms with van der Waals surface area (Å²) in [5.41, 5.74) is 3.68. The SMILES string of the molecule is CCCCCCCC(CCCCCC)c1ccccc1C(C)(C)c1ccccc1O. The first-order valence-electron chi connectivity index (χ1n) is 12.4. The maximum absolute atomic E-state index is 10.6. The van der Waals surface area contributed by atoms with Crippen molar-refractivity contribution >= 4 is 0 Å². The molecule has 0 spiro atoms. The van der Waals surface area contributed by atoms with E-state index in [9.17, 15) is 5.11 Å². The number of rotatable bonds is 14. The lowest BCUT2D eigenvalue weighted by molar-refractivity contribution is 0.449. The largest absolute Gasteiger partial charge is 0.508 e. The van der Waals surface area contributed by atoms with Crippen molar-refractivity contribution in [1.82, 2.24) is 0 Å². The van der Waals surface area contributed by atoms with Crippen LogP contribution in [0.25, 0.3) is 0 Å². The first-order chi connectivity index (χ1) is 14.5. The average Bonchev–Trinajstić information content (AvgIpc) is 2.75. The molecule has 30 heavy (non-hydrogen) atoms. The van der Waals surface area contributed by atoms with E-state index in [1.807, 2.05) is 18.2 Å². The quantitative estimate of drug-likeness (QED) is 0.309. The molecule has 2 rings (SSSR count). The van der Waals surface area contributed by atoms with Gasteiger partial charge in [-0.2, -0.15) is 0 Å². The normalized spacial score (nSPS) is 12.8. The summed E-state index contributed by atoms with van der Waals surface area (Å²) in [6.45, 7) is 9.09. The maximum Gasteiger partial charge on any atom is 0.119 e. The van der Waals surface area contributed by atoms with Gasteiger partial charge in [0, 0.05) is 11.0 Å². The molecule has 0 saturated carbocycles. The van der Waals surface area contributed by atoms with Crippen LogP contribution in [0.1, 0.15) is 121 Å². The van der Waals surface area contributed by atoms with Crippen LogP contribution in [0.4, 0.5) is 0 Å². The number of phenols is 1. The summed E-state index contributed by atoms with van der Waals surface area (Å²) in [4.78, 5) is 0. The molecule has 166 valence electrons. The molecule has 2 aromatic rings. The molecular weight excluding hydrogens is 364 g/mol. The molecule has 1 unspecified atom stereocenters. The molecule has 0 amide bonds. The average molecular weight is 409 g/mol. The van der Waals surface area contributed by atoms with Gasteiger partial charge in [-0.1, -0.05) is 128 Å². The van der Waals surface area contributed by atoms with Crippen molar-refractivity contribution in [3.63, 3.8) is 0 Å². The second kappa shape index (κ2) is 12.8. The van der Waals surface area contributed by atoms with Gasteiger partial charge < -0.3 is 5.11 Å². The van der Waals surface area contributed by atoms with Gasteiger partial charge >= 0.3 is 0 Å². The van der Waals surface area contributed by atoms with Crippen molar-refractivity contribution in [3.05, 3.63) is 65.2 Å². The Kier molecular flexibility index (Phi) is 10.5. The Hall–Kier alpha value is -1.76. The Labute approximate surface area is 185 Å². The summed E-state index contributed by atoms with van der Waals surface area (Å²) in [5, 5.41) is 10.6. The van der Waals surface area contributed by atoms with E-state index < -0.39 is 0 Å². The van der Waals surface area contributed by atoms with E-state index in [-0.39, 0.29) is 5.41 Å². The summed E-state index contributed by atoms with van der Waals surface area (Å²) < 4.78 is 0. The topological polar surface area (TPSA) is 20.2 Å². The number of para-hydroxylation sites is 1. The van der Waals surface area contributed by atoms with Crippen molar-refractivity contribution in [3.8, 4) is 5.75 Å². The first-order valence-corrected chi connectivity index (χ1v) is 12.4. The van der Waals surface area contributed by atoms with Crippen LogP contribution in [0.15, 0.2) is 48.5 Å². The Balaban J connectivity index is 2.27. The molecule has 0 heterocycles. The van der Waals surface area contributed by atoms with Gasteiger partial charge in [0.2, 0.25) is 0 Å². The molecule has 0 radical (unpaired) electrons. The lowest BCUT2D eigenvalue weighted by Gasteiger charge is -2.32. The van der Waals surface area contributed by atoms with E-state index in [2.05, 4.69) is 58.0 Å². The lowest BCUT2D eigenvalue weighted by atomic mass is 9.72. The number of hydrogen-bond acceptors (Lipinski definition) is 1. The number of unbranched alkanes of at least 4 members (excludes halogenated alkanes) is 7. The summed E-state index contributed by atoms with van der Waals surface area (Å²) in [5.74, 6) is 1.01. The smallest absolute Gasteiger partial charge is 0.119 e. The van der Waals surface area contributed by atoms with Gasteiger partial charge in [0.25, 0.3) is 0 Å². The van der Waals surface area contributed by atoms with Gasteiger partial charge in [-0.05, 0) is 36.0 Å². The monoisotopic (exact) mass is 408 g/mol. The third-order valence-corrected chi connectivity index (χ3v) is 6.71. The fraction of sp³-hybridized carbons (Fsp3) is 0.586. The molecule has 0 fully saturated rings. The second-order valence-corrected chi connectivity index (χ2v) is 9.48. The lowest BCUT2D eigenvalue weighted by Crippen LogP contribution is -2.22. The molecule has 0 aliphatic carbocycles. The molecule has 0 saturated heterocycles. The van der Waals surface area contributed by atoms with E-state index in [0.717, 1.165) is 5.56 Å². The highest BCUT2D eigenvalue weighted by Gasteiger charge is 2.30. The van der Waals surface area contributed by atoms with Crippen molar-refractivity contribution in [2.24, 2.45) is 0 Å². The molecule has 0 bridgehead atoms. The minimum atomic E-state index is -0.216. The highest BCUT2D eigenvalue weighted by atomic mass is 16.3. The van der Waals surface area contributed by atoms with Gasteiger partial charge in [0.15, 0.2) is 0 Å². The van der Waals surface area contributed by atoms with Crippen LogP contribution < -0.4 is 0 Å². The number of hydrogen-bond donors (Lipinski definition) is 1. The van der Waals surface area contributed by atoms with E-state index >= 15 is 0 Å². The zero-order valence-corrected chi connectivity index (χ0v) is 19.9. The van der Waals surface area contributed by atoms with E-state index in [1.54, 1.807) is 0 Å². The predicted octanol–water partition coefficient (Wildman–Crippen LogP) is 9.13. The van der Waals surface area contributed by atoms with Crippen LogP contribution in [0.5, 0.6) is 5.75 Å². The summed E-state index contributed by atoms with van der Waals surface area (Å²) in [6.07, 6.45) is 14.6. The van der Waals surface area contributed by atoms with E-state index in [4.69, 9.17) is 0 Å². The number of aromatic hydroxyl groups is 1. The van der Waals surface area contributed by atoms with E-state index in [1.165, 1.54) is 81.8 Å². The molecule has 2 aromatic carbocycles. The van der Waals surface area contributed by atoms with Crippen LogP contribution in [0, 0.1) is 0 Å². The summed E-state index contributed by atoms with van der Waals surface area (Å²) in [6, 6.07) is 16.9. The molecule has 1 N–H and O–H groups in total. The van der Waals surface area contributed by atoms with Crippen LogP contribution in [-0.4, -0.2) is 5.11 Å². The van der Waals surface area contributed by atoms with Crippen LogP contribution in [0.2, 0.25) is 0 Å². The summed E-state index contributed by atoms with van der Waals surface area (Å²) in [7, 11) is 0. The first kappa shape index (κ1) is 24.5. The number of phenolic OH excluding ortho intramolecular Hbond substituents is 1. The Bertz CT molecular complexity index is 731. The van der Waals surface area contributed by atoms with Gasteiger partial charge in [0.05, 0.1) is 0 Å². The van der Waals surface area contributed by atoms with Gasteiger partial charge in [-0.3, -0.25) is 0 Å². The molecular formula is C29H44O. The van der Waals surface area contributed by atoms with Gasteiger partial charge in [-0.25, -0.2) is 0 Å². The minimum Gasteiger partial charge on any atom is -0.508 e. The third-order valence-electron chi connectivity index (χ3n) is 6.71. The number of benzene rings is 2. The van der Waals surface area contributed by atoms with Crippen LogP contribution >= 0.6 is 0 Å². The zero-order chi connectivity index (χ0) is 21.8. The summed E-state index contributed by atoms with van der Waals surface area (Å²) >= 11 is 0. The van der Waals surface area contributed by atoms with Crippen LogP contribution in [-0.2, 0) is 5.41 Å². The predicted molar refractivity (Wildman–Crippen MR) is 132 cm³/mol. The zero-order valence-electron chi connectivity index (χ0n) is 19.9. The minimum absolute atomic E-state index is 0.216. The Morgan fingerprint density at radius 2 is 1.17 bits per heavy atom. The molecule has 1 heteroatoms. The third kappa shape index (κ3) is 6.89. The highest BCUT2D eigenvalue weighted by molar-refractivity contribution is 5.48. The Morgan fingerprint density at radius 1 is 0.667 bits per heavy atom. The van der Waals surface area contributed by atoms with Gasteiger partial charge in [-0.15, -0.1) is 0 Å².